The van der Waals surface area contributed by atoms with Gasteiger partial charge in [0.05, 0.1) is 11.6 Å². The molecule has 0 bridgehead atoms. The maximum Gasteiger partial charge on any atom is 0.230 e. The summed E-state index contributed by atoms with van der Waals surface area (Å²) in [5.41, 5.74) is 1.79. The lowest BCUT2D eigenvalue weighted by Gasteiger charge is -2.35. The zero-order chi connectivity index (χ0) is 13.3. The molecule has 0 aliphatic carbocycles. The molecule has 2 rings (SSSR count). The Morgan fingerprint density at radius 1 is 1.44 bits per heavy atom. The van der Waals surface area contributed by atoms with Crippen molar-refractivity contribution in [2.45, 2.75) is 58.9 Å². The van der Waals surface area contributed by atoms with Crippen molar-refractivity contribution in [3.05, 3.63) is 17.0 Å². The predicted molar refractivity (Wildman–Crippen MR) is 69.4 cm³/mol. The molecule has 18 heavy (non-hydrogen) atoms. The van der Waals surface area contributed by atoms with Crippen molar-refractivity contribution >= 4 is 5.91 Å². The molecule has 2 heterocycles. The summed E-state index contributed by atoms with van der Waals surface area (Å²) in [6.07, 6.45) is 3.45. The van der Waals surface area contributed by atoms with Crippen LogP contribution in [0.5, 0.6) is 0 Å². The van der Waals surface area contributed by atoms with Gasteiger partial charge in [-0.2, -0.15) is 0 Å². The van der Waals surface area contributed by atoms with Gasteiger partial charge in [0.2, 0.25) is 5.91 Å². The first-order valence-corrected chi connectivity index (χ1v) is 6.75. The van der Waals surface area contributed by atoms with Gasteiger partial charge < -0.3 is 9.42 Å². The first-order valence-electron chi connectivity index (χ1n) is 6.75. The van der Waals surface area contributed by atoms with Gasteiger partial charge in [-0.15, -0.1) is 0 Å². The number of likely N-dealkylation sites (tertiary alicyclic amines) is 1. The SMILES string of the molecule is Cc1noc(C)c1C(C)C(=O)N1CCCCC1C. The van der Waals surface area contributed by atoms with E-state index in [4.69, 9.17) is 4.52 Å². The Labute approximate surface area is 108 Å². The minimum Gasteiger partial charge on any atom is -0.361 e. The number of carbonyl (C=O) groups excluding carboxylic acids is 1. The number of nitrogens with zero attached hydrogens (tertiary/aromatic N) is 2. The number of aryl methyl sites for hydroxylation is 2. The molecule has 4 heteroatoms. The molecular weight excluding hydrogens is 228 g/mol. The predicted octanol–water partition coefficient (Wildman–Crippen LogP) is 2.80. The summed E-state index contributed by atoms with van der Waals surface area (Å²) < 4.78 is 5.16. The summed E-state index contributed by atoms with van der Waals surface area (Å²) in [6.45, 7) is 8.75. The van der Waals surface area contributed by atoms with E-state index in [1.54, 1.807) is 0 Å². The first kappa shape index (κ1) is 13.1. The molecule has 0 spiro atoms. The van der Waals surface area contributed by atoms with Crippen LogP contribution >= 0.6 is 0 Å². The van der Waals surface area contributed by atoms with Crippen LogP contribution in [0.25, 0.3) is 0 Å². The molecular formula is C14H22N2O2. The molecule has 100 valence electrons. The van der Waals surface area contributed by atoms with Crippen LogP contribution in [0.4, 0.5) is 0 Å². The molecule has 1 aromatic rings. The van der Waals surface area contributed by atoms with Gasteiger partial charge in [0.1, 0.15) is 5.76 Å². The van der Waals surface area contributed by atoms with Crippen molar-refractivity contribution in [1.82, 2.24) is 10.1 Å². The third-order valence-electron chi connectivity index (χ3n) is 3.98. The van der Waals surface area contributed by atoms with E-state index >= 15 is 0 Å². The van der Waals surface area contributed by atoms with Crippen LogP contribution < -0.4 is 0 Å². The van der Waals surface area contributed by atoms with Crippen LogP contribution in [0.1, 0.15) is 56.0 Å². The fourth-order valence-corrected chi connectivity index (χ4v) is 2.91. The van der Waals surface area contributed by atoms with E-state index in [1.165, 1.54) is 6.42 Å². The molecule has 2 unspecified atom stereocenters. The Morgan fingerprint density at radius 3 is 2.72 bits per heavy atom. The summed E-state index contributed by atoms with van der Waals surface area (Å²) >= 11 is 0. The maximum absolute atomic E-state index is 12.6. The fraction of sp³-hybridized carbons (Fsp3) is 0.714. The van der Waals surface area contributed by atoms with Crippen molar-refractivity contribution in [3.8, 4) is 0 Å². The lowest BCUT2D eigenvalue weighted by atomic mass is 9.95. The Bertz CT molecular complexity index is 420. The molecule has 1 aliphatic rings. The molecule has 0 radical (unpaired) electrons. The van der Waals surface area contributed by atoms with Gasteiger partial charge in [-0.25, -0.2) is 0 Å². The molecule has 1 aliphatic heterocycles. The van der Waals surface area contributed by atoms with Gasteiger partial charge in [0.15, 0.2) is 0 Å². The second-order valence-electron chi connectivity index (χ2n) is 5.34. The first-order chi connectivity index (χ1) is 8.52. The Morgan fingerprint density at radius 2 is 2.17 bits per heavy atom. The molecule has 1 saturated heterocycles. The van der Waals surface area contributed by atoms with Crippen LogP contribution in [0.15, 0.2) is 4.52 Å². The quantitative estimate of drug-likeness (QED) is 0.810. The fourth-order valence-electron chi connectivity index (χ4n) is 2.91. The van der Waals surface area contributed by atoms with Crippen LogP contribution in [-0.2, 0) is 4.79 Å². The van der Waals surface area contributed by atoms with E-state index in [0.29, 0.717) is 6.04 Å². The van der Waals surface area contributed by atoms with E-state index in [-0.39, 0.29) is 11.8 Å². The van der Waals surface area contributed by atoms with Crippen LogP contribution in [0.2, 0.25) is 0 Å². The third kappa shape index (κ3) is 2.28. The highest BCUT2D eigenvalue weighted by Crippen LogP contribution is 2.27. The lowest BCUT2D eigenvalue weighted by molar-refractivity contribution is -0.135. The Kier molecular flexibility index (Phi) is 3.73. The van der Waals surface area contributed by atoms with Gasteiger partial charge in [0.25, 0.3) is 0 Å². The van der Waals surface area contributed by atoms with Crippen molar-refractivity contribution in [2.75, 3.05) is 6.54 Å². The molecule has 4 nitrogen and oxygen atoms in total. The highest BCUT2D eigenvalue weighted by molar-refractivity contribution is 5.84. The van der Waals surface area contributed by atoms with E-state index in [1.807, 2.05) is 25.7 Å². The van der Waals surface area contributed by atoms with E-state index in [9.17, 15) is 4.79 Å². The number of piperidine rings is 1. The molecule has 1 fully saturated rings. The van der Waals surface area contributed by atoms with E-state index in [2.05, 4.69) is 12.1 Å². The second-order valence-corrected chi connectivity index (χ2v) is 5.34. The minimum atomic E-state index is -0.156. The topological polar surface area (TPSA) is 46.3 Å². The van der Waals surface area contributed by atoms with E-state index < -0.39 is 0 Å². The second kappa shape index (κ2) is 5.12. The molecule has 0 saturated carbocycles. The molecule has 1 amide bonds. The number of carbonyl (C=O) groups is 1. The zero-order valence-corrected chi connectivity index (χ0v) is 11.7. The Balaban J connectivity index is 2.18. The summed E-state index contributed by atoms with van der Waals surface area (Å²) in [6, 6.07) is 0.356. The van der Waals surface area contributed by atoms with Crippen LogP contribution in [0.3, 0.4) is 0 Å². The normalized spacial score (nSPS) is 22.0. The highest BCUT2D eigenvalue weighted by Gasteiger charge is 2.30. The van der Waals surface area contributed by atoms with Gasteiger partial charge >= 0.3 is 0 Å². The van der Waals surface area contributed by atoms with Gasteiger partial charge in [0, 0.05) is 18.2 Å². The Hall–Kier alpha value is -1.32. The van der Waals surface area contributed by atoms with Crippen LogP contribution in [0, 0.1) is 13.8 Å². The van der Waals surface area contributed by atoms with E-state index in [0.717, 1.165) is 36.4 Å². The monoisotopic (exact) mass is 250 g/mol. The minimum absolute atomic E-state index is 0.156. The van der Waals surface area contributed by atoms with Crippen molar-refractivity contribution < 1.29 is 9.32 Å². The summed E-state index contributed by atoms with van der Waals surface area (Å²) in [4.78, 5) is 14.6. The zero-order valence-electron chi connectivity index (χ0n) is 11.7. The third-order valence-corrected chi connectivity index (χ3v) is 3.98. The number of hydrogen-bond acceptors (Lipinski definition) is 3. The molecule has 0 N–H and O–H groups in total. The standard InChI is InChI=1S/C14H22N2O2/c1-9-7-5-6-8-16(9)14(17)10(2)13-11(3)15-18-12(13)4/h9-10H,5-8H2,1-4H3. The maximum atomic E-state index is 12.6. The number of hydrogen-bond donors (Lipinski definition) is 0. The van der Waals surface area contributed by atoms with Crippen molar-refractivity contribution in [3.63, 3.8) is 0 Å². The molecule has 1 aromatic heterocycles. The van der Waals surface area contributed by atoms with Crippen molar-refractivity contribution in [2.24, 2.45) is 0 Å². The number of aromatic nitrogens is 1. The largest absolute Gasteiger partial charge is 0.361 e. The van der Waals surface area contributed by atoms with Gasteiger partial charge in [-0.3, -0.25) is 4.79 Å². The summed E-state index contributed by atoms with van der Waals surface area (Å²) in [7, 11) is 0. The lowest BCUT2D eigenvalue weighted by Crippen LogP contribution is -2.44. The number of rotatable bonds is 2. The van der Waals surface area contributed by atoms with Crippen molar-refractivity contribution in [1.29, 1.82) is 0 Å². The molecule has 0 aromatic carbocycles. The highest BCUT2D eigenvalue weighted by atomic mass is 16.5. The average molecular weight is 250 g/mol. The van der Waals surface area contributed by atoms with Gasteiger partial charge in [-0.05, 0) is 47.0 Å². The molecule has 2 atom stereocenters. The van der Waals surface area contributed by atoms with Gasteiger partial charge in [-0.1, -0.05) is 5.16 Å². The number of amides is 1. The summed E-state index contributed by atoms with van der Waals surface area (Å²) in [5, 5.41) is 3.94. The smallest absolute Gasteiger partial charge is 0.230 e. The average Bonchev–Trinajstić information content (AvgIpc) is 2.68. The van der Waals surface area contributed by atoms with Crippen LogP contribution in [-0.4, -0.2) is 28.6 Å². The summed E-state index contributed by atoms with van der Waals surface area (Å²) in [5.74, 6) is 0.811.